The van der Waals surface area contributed by atoms with Gasteiger partial charge in [0.1, 0.15) is 13.2 Å². The number of hydrogen-bond acceptors (Lipinski definition) is 5. The van der Waals surface area contributed by atoms with E-state index in [0.717, 1.165) is 38.5 Å². The summed E-state index contributed by atoms with van der Waals surface area (Å²) >= 11 is 0. The number of aliphatic hydroxyl groups excluding tert-OH is 1. The van der Waals surface area contributed by atoms with E-state index >= 15 is 0 Å². The number of nitrogens with one attached hydrogen (secondary N) is 1. The number of unbranched alkanes of at least 4 members (excludes halogenated alkanes) is 34. The number of nitrogens with zero attached hydrogens (tertiary/aromatic N) is 1. The van der Waals surface area contributed by atoms with E-state index in [9.17, 15) is 19.4 Å². The molecule has 0 aromatic rings. The third kappa shape index (κ3) is 50.4. The van der Waals surface area contributed by atoms with Gasteiger partial charge in [-0.3, -0.25) is 13.8 Å². The van der Waals surface area contributed by atoms with Crippen molar-refractivity contribution in [2.24, 2.45) is 0 Å². The van der Waals surface area contributed by atoms with Gasteiger partial charge in [-0.15, -0.1) is 0 Å². The molecule has 0 fully saturated rings. The Morgan fingerprint density at radius 3 is 1.23 bits per heavy atom. The lowest BCUT2D eigenvalue weighted by Crippen LogP contribution is -2.45. The molecule has 1 amide bonds. The molecule has 0 aliphatic heterocycles. The minimum atomic E-state index is -4.35. The molecule has 0 bridgehead atoms. The highest BCUT2D eigenvalue weighted by Crippen LogP contribution is 2.43. The van der Waals surface area contributed by atoms with Gasteiger partial charge in [-0.2, -0.15) is 0 Å². The SMILES string of the molecule is CCCCCCCCCCCCC/C=C/CC/C=C/C(O)C(COP(=O)(O)OCC[N+](C)(C)C)NC(=O)CCCCCCCCCCCC/C=C\CCCCCCCCCCCCCC. The highest BCUT2D eigenvalue weighted by atomic mass is 31.2. The second kappa shape index (κ2) is 47.8. The molecule has 3 N–H and O–H groups in total. The number of aliphatic hydroxyl groups is 1. The predicted molar refractivity (Wildman–Crippen MR) is 281 cm³/mol. The summed E-state index contributed by atoms with van der Waals surface area (Å²) in [7, 11) is 1.56. The minimum Gasteiger partial charge on any atom is -0.387 e. The Morgan fingerprint density at radius 1 is 0.508 bits per heavy atom. The van der Waals surface area contributed by atoms with Crippen molar-refractivity contribution in [3.8, 4) is 0 Å². The molecule has 0 saturated carbocycles. The maximum Gasteiger partial charge on any atom is 0.472 e. The Balaban J connectivity index is 4.22. The first-order valence-corrected chi connectivity index (χ1v) is 29.4. The quantitative estimate of drug-likeness (QED) is 0.0243. The van der Waals surface area contributed by atoms with Crippen molar-refractivity contribution in [1.82, 2.24) is 5.32 Å². The van der Waals surface area contributed by atoms with Crippen molar-refractivity contribution in [2.75, 3.05) is 40.9 Å². The Labute approximate surface area is 404 Å². The average Bonchev–Trinajstić information content (AvgIpc) is 3.26. The number of likely N-dealkylation sites (N-methyl/N-ethyl adjacent to an activating group) is 1. The van der Waals surface area contributed by atoms with Crippen LogP contribution in [0.4, 0.5) is 0 Å². The van der Waals surface area contributed by atoms with E-state index in [-0.39, 0.29) is 19.1 Å². The van der Waals surface area contributed by atoms with Gasteiger partial charge in [-0.25, -0.2) is 4.57 Å². The Morgan fingerprint density at radius 2 is 0.846 bits per heavy atom. The number of phosphoric acid groups is 1. The molecule has 0 heterocycles. The summed E-state index contributed by atoms with van der Waals surface area (Å²) in [4.78, 5) is 23.3. The van der Waals surface area contributed by atoms with Gasteiger partial charge < -0.3 is 19.8 Å². The summed E-state index contributed by atoms with van der Waals surface area (Å²) in [6.07, 6.45) is 61.0. The topological polar surface area (TPSA) is 105 Å². The molecule has 65 heavy (non-hydrogen) atoms. The lowest BCUT2D eigenvalue weighted by atomic mass is 10.0. The number of hydrogen-bond donors (Lipinski definition) is 3. The maximum atomic E-state index is 13.0. The van der Waals surface area contributed by atoms with Crippen molar-refractivity contribution in [3.05, 3.63) is 36.5 Å². The van der Waals surface area contributed by atoms with Gasteiger partial charge in [-0.05, 0) is 57.8 Å². The summed E-state index contributed by atoms with van der Waals surface area (Å²) in [6.45, 7) is 4.82. The van der Waals surface area contributed by atoms with Crippen LogP contribution in [-0.2, 0) is 18.4 Å². The van der Waals surface area contributed by atoms with Crippen LogP contribution in [0.2, 0.25) is 0 Å². The maximum absolute atomic E-state index is 13.0. The normalized spacial score (nSPS) is 14.3. The Bertz CT molecular complexity index is 1150. The lowest BCUT2D eigenvalue weighted by molar-refractivity contribution is -0.870. The molecular formula is C56H110N2O6P+. The molecule has 3 atom stereocenters. The summed E-state index contributed by atoms with van der Waals surface area (Å²) in [5, 5.41) is 13.9. The smallest absolute Gasteiger partial charge is 0.387 e. The van der Waals surface area contributed by atoms with Gasteiger partial charge in [0, 0.05) is 6.42 Å². The van der Waals surface area contributed by atoms with E-state index < -0.39 is 20.0 Å². The van der Waals surface area contributed by atoms with Crippen LogP contribution in [0, 0.1) is 0 Å². The molecule has 9 heteroatoms. The zero-order valence-corrected chi connectivity index (χ0v) is 44.6. The van der Waals surface area contributed by atoms with Crippen molar-refractivity contribution in [1.29, 1.82) is 0 Å². The van der Waals surface area contributed by atoms with Crippen molar-refractivity contribution >= 4 is 13.7 Å². The zero-order chi connectivity index (χ0) is 47.8. The molecule has 0 saturated heterocycles. The number of carbonyl (C=O) groups is 1. The van der Waals surface area contributed by atoms with Crippen LogP contribution >= 0.6 is 7.82 Å². The van der Waals surface area contributed by atoms with Crippen LogP contribution in [0.1, 0.15) is 264 Å². The molecule has 0 aromatic heterocycles. The number of amides is 1. The third-order valence-electron chi connectivity index (χ3n) is 12.6. The first-order chi connectivity index (χ1) is 31.5. The molecule has 0 aromatic carbocycles. The summed E-state index contributed by atoms with van der Waals surface area (Å²) in [5.74, 6) is -0.186. The van der Waals surface area contributed by atoms with Gasteiger partial charge in [0.25, 0.3) is 0 Å². The molecular weight excluding hydrogens is 828 g/mol. The first kappa shape index (κ1) is 63.7. The van der Waals surface area contributed by atoms with Crippen molar-refractivity contribution in [2.45, 2.75) is 276 Å². The molecule has 0 radical (unpaired) electrons. The molecule has 0 aliphatic carbocycles. The van der Waals surface area contributed by atoms with Crippen LogP contribution < -0.4 is 5.32 Å². The second-order valence-corrected chi connectivity index (χ2v) is 21.8. The number of quaternary nitrogens is 1. The predicted octanol–water partition coefficient (Wildman–Crippen LogP) is 16.6. The van der Waals surface area contributed by atoms with E-state index in [4.69, 9.17) is 9.05 Å². The molecule has 3 unspecified atom stereocenters. The molecule has 0 spiro atoms. The van der Waals surface area contributed by atoms with Gasteiger partial charge in [0.05, 0.1) is 39.9 Å². The standard InChI is InChI=1S/C56H109N2O6P/c1-6-8-10-12-14-16-18-20-22-24-25-26-27-28-29-30-31-32-34-36-38-40-42-44-46-48-50-56(60)57-54(53-64-65(61,62)63-52-51-58(3,4)5)55(59)49-47-45-43-41-39-37-35-33-23-21-19-17-15-13-11-9-7-2/h28-29,39,41,47,49,54-55,59H,6-27,30-38,40,42-46,48,50-53H2,1-5H3,(H-,57,60,61,62)/p+1/b29-28-,41-39+,49-47+. The number of allylic oxidation sites excluding steroid dienone is 5. The van der Waals surface area contributed by atoms with Gasteiger partial charge in [0.15, 0.2) is 0 Å². The summed E-state index contributed by atoms with van der Waals surface area (Å²) < 4.78 is 23.7. The fraction of sp³-hybridized carbons (Fsp3) is 0.875. The molecule has 384 valence electrons. The minimum absolute atomic E-state index is 0.0565. The zero-order valence-electron chi connectivity index (χ0n) is 43.7. The number of phosphoric ester groups is 1. The van der Waals surface area contributed by atoms with E-state index in [1.54, 1.807) is 6.08 Å². The lowest BCUT2D eigenvalue weighted by Gasteiger charge is -2.25. The van der Waals surface area contributed by atoms with E-state index in [1.807, 2.05) is 27.2 Å². The molecule has 0 aliphatic rings. The fourth-order valence-electron chi connectivity index (χ4n) is 8.17. The monoisotopic (exact) mass is 938 g/mol. The number of carbonyl (C=O) groups excluding carboxylic acids is 1. The third-order valence-corrected chi connectivity index (χ3v) is 13.6. The van der Waals surface area contributed by atoms with Crippen molar-refractivity contribution < 1.29 is 32.9 Å². The van der Waals surface area contributed by atoms with Crippen LogP contribution in [0.3, 0.4) is 0 Å². The van der Waals surface area contributed by atoms with Crippen LogP contribution in [0.15, 0.2) is 36.5 Å². The largest absolute Gasteiger partial charge is 0.472 e. The second-order valence-electron chi connectivity index (χ2n) is 20.3. The summed E-state index contributed by atoms with van der Waals surface area (Å²) in [5.41, 5.74) is 0. The molecule has 0 rings (SSSR count). The van der Waals surface area contributed by atoms with E-state index in [0.29, 0.717) is 17.4 Å². The van der Waals surface area contributed by atoms with E-state index in [1.165, 1.54) is 205 Å². The highest BCUT2D eigenvalue weighted by Gasteiger charge is 2.27. The van der Waals surface area contributed by atoms with Crippen molar-refractivity contribution in [3.63, 3.8) is 0 Å². The van der Waals surface area contributed by atoms with E-state index in [2.05, 4.69) is 43.5 Å². The van der Waals surface area contributed by atoms with Gasteiger partial charge in [-0.1, -0.05) is 237 Å². The average molecular weight is 938 g/mol. The Hall–Kier alpha value is -1.28. The van der Waals surface area contributed by atoms with Crippen LogP contribution in [-0.4, -0.2) is 73.4 Å². The molecule has 8 nitrogen and oxygen atoms in total. The van der Waals surface area contributed by atoms with Crippen LogP contribution in [0.25, 0.3) is 0 Å². The summed E-state index contributed by atoms with van der Waals surface area (Å²) in [6, 6.07) is -0.863. The highest BCUT2D eigenvalue weighted by molar-refractivity contribution is 7.47. The first-order valence-electron chi connectivity index (χ1n) is 27.9. The van der Waals surface area contributed by atoms with Crippen LogP contribution in [0.5, 0.6) is 0 Å². The van der Waals surface area contributed by atoms with Gasteiger partial charge in [0.2, 0.25) is 5.91 Å². The fourth-order valence-corrected chi connectivity index (χ4v) is 8.91. The van der Waals surface area contributed by atoms with Gasteiger partial charge >= 0.3 is 7.82 Å². The number of rotatable bonds is 51. The Kier molecular flexibility index (Phi) is 46.8.